The predicted molar refractivity (Wildman–Crippen MR) is 79.1 cm³/mol. The van der Waals surface area contributed by atoms with E-state index in [4.69, 9.17) is 5.11 Å². The number of carbonyl (C=O) groups is 2. The van der Waals surface area contributed by atoms with Gasteiger partial charge in [-0.15, -0.1) is 0 Å². The van der Waals surface area contributed by atoms with Gasteiger partial charge in [0.15, 0.2) is 0 Å². The van der Waals surface area contributed by atoms with Gasteiger partial charge in [0.2, 0.25) is 5.91 Å². The molecule has 1 aliphatic carbocycles. The van der Waals surface area contributed by atoms with E-state index in [1.165, 1.54) is 11.1 Å². The van der Waals surface area contributed by atoms with Gasteiger partial charge >= 0.3 is 5.97 Å². The molecule has 1 saturated heterocycles. The molecule has 1 N–H and O–H groups in total. The standard InChI is InChI=1S/C17H21NO3/c19-16(18-9-8-14(11-18)17(20)21)10-13-6-3-5-12-4-1-2-7-15(12)13/h1-2,4,7,13-14H,3,5-6,8-11H2,(H,20,21)/t13-,14-/m0/s1. The Labute approximate surface area is 124 Å². The molecule has 4 nitrogen and oxygen atoms in total. The average Bonchev–Trinajstić information content (AvgIpc) is 2.98. The van der Waals surface area contributed by atoms with E-state index in [0.717, 1.165) is 19.3 Å². The van der Waals surface area contributed by atoms with Crippen LogP contribution in [0.5, 0.6) is 0 Å². The van der Waals surface area contributed by atoms with Gasteiger partial charge in [-0.1, -0.05) is 24.3 Å². The third-order valence-corrected chi connectivity index (χ3v) is 4.80. The Hall–Kier alpha value is -1.84. The lowest BCUT2D eigenvalue weighted by Crippen LogP contribution is -2.31. The number of carboxylic acids is 1. The van der Waals surface area contributed by atoms with Crippen LogP contribution in [0.2, 0.25) is 0 Å². The monoisotopic (exact) mass is 287 g/mol. The molecule has 2 aliphatic rings. The van der Waals surface area contributed by atoms with Crippen molar-refractivity contribution in [3.05, 3.63) is 35.4 Å². The van der Waals surface area contributed by atoms with Crippen LogP contribution >= 0.6 is 0 Å². The predicted octanol–water partition coefficient (Wildman–Crippen LogP) is 2.43. The Morgan fingerprint density at radius 1 is 1.24 bits per heavy atom. The number of nitrogens with zero attached hydrogens (tertiary/aromatic N) is 1. The Morgan fingerprint density at radius 3 is 2.81 bits per heavy atom. The molecule has 4 heteroatoms. The van der Waals surface area contributed by atoms with Crippen molar-refractivity contribution < 1.29 is 14.7 Å². The number of hydrogen-bond acceptors (Lipinski definition) is 2. The van der Waals surface area contributed by atoms with Gasteiger partial charge in [-0.2, -0.15) is 0 Å². The highest BCUT2D eigenvalue weighted by Gasteiger charge is 2.32. The van der Waals surface area contributed by atoms with Crippen LogP contribution in [0.25, 0.3) is 0 Å². The first-order valence-corrected chi connectivity index (χ1v) is 7.73. The molecular formula is C17H21NO3. The molecule has 3 rings (SSSR count). The van der Waals surface area contributed by atoms with Crippen LogP contribution in [0.15, 0.2) is 24.3 Å². The van der Waals surface area contributed by atoms with Gasteiger partial charge in [0.05, 0.1) is 5.92 Å². The van der Waals surface area contributed by atoms with Crippen LogP contribution in [-0.2, 0) is 16.0 Å². The fourth-order valence-corrected chi connectivity index (χ4v) is 3.59. The third-order valence-electron chi connectivity index (χ3n) is 4.80. The van der Waals surface area contributed by atoms with Crippen LogP contribution in [0.3, 0.4) is 0 Å². The van der Waals surface area contributed by atoms with Crippen molar-refractivity contribution >= 4 is 11.9 Å². The number of benzene rings is 1. The van der Waals surface area contributed by atoms with Crippen molar-refractivity contribution in [2.24, 2.45) is 5.92 Å². The smallest absolute Gasteiger partial charge is 0.308 e. The third kappa shape index (κ3) is 2.94. The lowest BCUT2D eigenvalue weighted by atomic mass is 9.81. The van der Waals surface area contributed by atoms with E-state index in [0.29, 0.717) is 31.8 Å². The Bertz CT molecular complexity index is 555. The average molecular weight is 287 g/mol. The van der Waals surface area contributed by atoms with E-state index in [-0.39, 0.29) is 11.8 Å². The highest BCUT2D eigenvalue weighted by Crippen LogP contribution is 2.34. The van der Waals surface area contributed by atoms with E-state index in [2.05, 4.69) is 18.2 Å². The zero-order valence-corrected chi connectivity index (χ0v) is 12.1. The normalized spacial score (nSPS) is 24.7. The highest BCUT2D eigenvalue weighted by atomic mass is 16.4. The molecule has 0 saturated carbocycles. The summed E-state index contributed by atoms with van der Waals surface area (Å²) >= 11 is 0. The zero-order chi connectivity index (χ0) is 14.8. The van der Waals surface area contributed by atoms with Crippen molar-refractivity contribution in [3.8, 4) is 0 Å². The van der Waals surface area contributed by atoms with Gasteiger partial charge in [-0.3, -0.25) is 9.59 Å². The number of aliphatic carboxylic acids is 1. The maximum Gasteiger partial charge on any atom is 0.308 e. The van der Waals surface area contributed by atoms with Gasteiger partial charge in [0, 0.05) is 19.5 Å². The van der Waals surface area contributed by atoms with Crippen molar-refractivity contribution in [2.75, 3.05) is 13.1 Å². The minimum atomic E-state index is -0.784. The number of likely N-dealkylation sites (tertiary alicyclic amines) is 1. The second-order valence-corrected chi connectivity index (χ2v) is 6.16. The lowest BCUT2D eigenvalue weighted by molar-refractivity contribution is -0.141. The van der Waals surface area contributed by atoms with E-state index < -0.39 is 5.97 Å². The molecule has 0 aromatic heterocycles. The fraction of sp³-hybridized carbons (Fsp3) is 0.529. The molecule has 112 valence electrons. The second-order valence-electron chi connectivity index (χ2n) is 6.16. The van der Waals surface area contributed by atoms with Gasteiger partial charge in [0.25, 0.3) is 0 Å². The SMILES string of the molecule is O=C(O)[C@H]1CCN(C(=O)C[C@@H]2CCCc3ccccc32)C1. The van der Waals surface area contributed by atoms with Gasteiger partial charge < -0.3 is 10.0 Å². The van der Waals surface area contributed by atoms with Crippen molar-refractivity contribution in [1.29, 1.82) is 0 Å². The Morgan fingerprint density at radius 2 is 2.05 bits per heavy atom. The number of aryl methyl sites for hydroxylation is 1. The molecule has 1 amide bonds. The molecular weight excluding hydrogens is 266 g/mol. The summed E-state index contributed by atoms with van der Waals surface area (Å²) in [6.45, 7) is 0.965. The van der Waals surface area contributed by atoms with Crippen LogP contribution in [-0.4, -0.2) is 35.0 Å². The minimum absolute atomic E-state index is 0.112. The summed E-state index contributed by atoms with van der Waals surface area (Å²) in [7, 11) is 0. The van der Waals surface area contributed by atoms with Gasteiger partial charge in [0.1, 0.15) is 0 Å². The van der Waals surface area contributed by atoms with Crippen molar-refractivity contribution in [1.82, 2.24) is 4.90 Å². The van der Waals surface area contributed by atoms with Crippen LogP contribution in [0, 0.1) is 5.92 Å². The van der Waals surface area contributed by atoms with Crippen LogP contribution in [0.4, 0.5) is 0 Å². The number of carbonyl (C=O) groups excluding carboxylic acids is 1. The van der Waals surface area contributed by atoms with E-state index in [1.54, 1.807) is 4.90 Å². The summed E-state index contributed by atoms with van der Waals surface area (Å²) in [4.78, 5) is 25.1. The maximum absolute atomic E-state index is 12.4. The van der Waals surface area contributed by atoms with E-state index >= 15 is 0 Å². The number of amides is 1. The first-order valence-electron chi connectivity index (χ1n) is 7.73. The number of carboxylic acid groups (broad SMARTS) is 1. The summed E-state index contributed by atoms with van der Waals surface area (Å²) in [5, 5.41) is 9.03. The first kappa shape index (κ1) is 14.1. The maximum atomic E-state index is 12.4. The quantitative estimate of drug-likeness (QED) is 0.929. The van der Waals surface area contributed by atoms with E-state index in [1.807, 2.05) is 6.07 Å². The topological polar surface area (TPSA) is 57.6 Å². The van der Waals surface area contributed by atoms with Crippen LogP contribution in [0.1, 0.15) is 42.7 Å². The largest absolute Gasteiger partial charge is 0.481 e. The van der Waals surface area contributed by atoms with Gasteiger partial charge in [-0.05, 0) is 42.7 Å². The molecule has 21 heavy (non-hydrogen) atoms. The van der Waals surface area contributed by atoms with Crippen LogP contribution < -0.4 is 0 Å². The molecule has 1 fully saturated rings. The molecule has 1 aromatic rings. The van der Waals surface area contributed by atoms with Crippen molar-refractivity contribution in [2.45, 2.75) is 38.0 Å². The Balaban J connectivity index is 1.65. The molecule has 0 unspecified atom stereocenters. The molecule has 1 heterocycles. The summed E-state index contributed by atoms with van der Waals surface area (Å²) in [6.07, 6.45) is 4.39. The summed E-state index contributed by atoms with van der Waals surface area (Å²) in [5.41, 5.74) is 2.68. The zero-order valence-electron chi connectivity index (χ0n) is 12.1. The summed E-state index contributed by atoms with van der Waals surface area (Å²) < 4.78 is 0. The second kappa shape index (κ2) is 5.88. The summed E-state index contributed by atoms with van der Waals surface area (Å²) in [6, 6.07) is 8.39. The lowest BCUT2D eigenvalue weighted by Gasteiger charge is -2.27. The van der Waals surface area contributed by atoms with Crippen molar-refractivity contribution in [3.63, 3.8) is 0 Å². The van der Waals surface area contributed by atoms with E-state index in [9.17, 15) is 9.59 Å². The molecule has 0 bridgehead atoms. The number of hydrogen-bond donors (Lipinski definition) is 1. The molecule has 1 aliphatic heterocycles. The molecule has 1 aromatic carbocycles. The number of rotatable bonds is 3. The molecule has 0 spiro atoms. The summed E-state index contributed by atoms with van der Waals surface area (Å²) in [5.74, 6) is -0.757. The highest BCUT2D eigenvalue weighted by molar-refractivity contribution is 5.79. The number of fused-ring (bicyclic) bond motifs is 1. The van der Waals surface area contributed by atoms with Gasteiger partial charge in [-0.25, -0.2) is 0 Å². The molecule has 2 atom stereocenters. The molecule has 0 radical (unpaired) electrons. The Kier molecular flexibility index (Phi) is 3.95. The fourth-order valence-electron chi connectivity index (χ4n) is 3.59. The first-order chi connectivity index (χ1) is 10.1. The minimum Gasteiger partial charge on any atom is -0.481 e.